The molecule has 6 heteroatoms. The van der Waals surface area contributed by atoms with Crippen molar-refractivity contribution < 1.29 is 9.90 Å². The molecule has 0 radical (unpaired) electrons. The molecule has 19 heavy (non-hydrogen) atoms. The maximum Gasteiger partial charge on any atom is 0.242 e. The number of carbonyl (C=O) groups is 1. The number of hydrogen-bond acceptors (Lipinski definition) is 5. The van der Waals surface area contributed by atoms with Crippen molar-refractivity contribution in [3.05, 3.63) is 11.1 Å². The first-order chi connectivity index (χ1) is 9.14. The lowest BCUT2D eigenvalue weighted by atomic mass is 10.1. The Morgan fingerprint density at radius 3 is 3.21 bits per heavy atom. The molecule has 1 aromatic heterocycles. The number of aliphatic hydroxyl groups excluding tert-OH is 1. The van der Waals surface area contributed by atoms with Gasteiger partial charge in [0.05, 0.1) is 22.4 Å². The second-order valence-corrected chi connectivity index (χ2v) is 7.07. The van der Waals surface area contributed by atoms with Crippen LogP contribution in [0.2, 0.25) is 0 Å². The summed E-state index contributed by atoms with van der Waals surface area (Å²) in [5.74, 6) is 6.81. The lowest BCUT2D eigenvalue weighted by molar-refractivity contribution is -0.118. The van der Waals surface area contributed by atoms with Gasteiger partial charge < -0.3 is 10.4 Å². The molecule has 4 nitrogen and oxygen atoms in total. The zero-order chi connectivity index (χ0) is 13.7. The molecule has 1 saturated heterocycles. The highest BCUT2D eigenvalue weighted by Gasteiger charge is 2.37. The molecule has 1 aromatic rings. The third kappa shape index (κ3) is 3.72. The topological polar surface area (TPSA) is 62.2 Å². The number of amides is 1. The zero-order valence-corrected chi connectivity index (χ0v) is 12.4. The Morgan fingerprint density at radius 1 is 1.68 bits per heavy atom. The van der Waals surface area contributed by atoms with Crippen LogP contribution in [0.15, 0.2) is 6.20 Å². The largest absolute Gasteiger partial charge is 0.395 e. The van der Waals surface area contributed by atoms with Gasteiger partial charge in [0.1, 0.15) is 0 Å². The van der Waals surface area contributed by atoms with Gasteiger partial charge in [-0.25, -0.2) is 4.98 Å². The van der Waals surface area contributed by atoms with E-state index in [1.807, 2.05) is 6.92 Å². The highest BCUT2D eigenvalue weighted by Crippen LogP contribution is 2.38. The molecule has 1 aliphatic heterocycles. The van der Waals surface area contributed by atoms with Crippen LogP contribution < -0.4 is 5.32 Å². The van der Waals surface area contributed by atoms with Crippen molar-refractivity contribution in [2.24, 2.45) is 0 Å². The van der Waals surface area contributed by atoms with E-state index in [0.29, 0.717) is 11.6 Å². The van der Waals surface area contributed by atoms with E-state index in [2.05, 4.69) is 22.1 Å². The summed E-state index contributed by atoms with van der Waals surface area (Å²) in [5.41, 5.74) is 0. The van der Waals surface area contributed by atoms with Gasteiger partial charge in [-0.2, -0.15) is 0 Å². The minimum absolute atomic E-state index is 0.0271. The third-order valence-electron chi connectivity index (χ3n) is 2.87. The summed E-state index contributed by atoms with van der Waals surface area (Å²) >= 11 is 3.07. The maximum absolute atomic E-state index is 12.2. The van der Waals surface area contributed by atoms with Crippen LogP contribution in [0.1, 0.15) is 31.1 Å². The summed E-state index contributed by atoms with van der Waals surface area (Å²) < 4.78 is -0.325. The van der Waals surface area contributed by atoms with Crippen LogP contribution in [0.3, 0.4) is 0 Å². The first-order valence-corrected chi connectivity index (χ1v) is 7.95. The van der Waals surface area contributed by atoms with Crippen molar-refractivity contribution in [2.45, 2.75) is 30.9 Å². The minimum Gasteiger partial charge on any atom is -0.395 e. The van der Waals surface area contributed by atoms with Gasteiger partial charge in [-0.1, -0.05) is 23.2 Å². The smallest absolute Gasteiger partial charge is 0.242 e. The van der Waals surface area contributed by atoms with Gasteiger partial charge in [-0.15, -0.1) is 11.8 Å². The number of hydrogen-bond donors (Lipinski definition) is 2. The Kier molecular flexibility index (Phi) is 4.86. The second kappa shape index (κ2) is 6.42. The van der Waals surface area contributed by atoms with Gasteiger partial charge in [-0.3, -0.25) is 4.79 Å². The fourth-order valence-corrected chi connectivity index (χ4v) is 3.68. The molecule has 2 N–H and O–H groups in total. The first-order valence-electron chi connectivity index (χ1n) is 6.15. The molecular formula is C13H16N2O2S2. The summed E-state index contributed by atoms with van der Waals surface area (Å²) in [6.07, 6.45) is 4.10. The first kappa shape index (κ1) is 14.4. The molecule has 1 aliphatic rings. The number of aromatic nitrogens is 1. The quantitative estimate of drug-likeness (QED) is 0.839. The zero-order valence-electron chi connectivity index (χ0n) is 10.7. The number of carbonyl (C=O) groups excluding carboxylic acids is 1. The van der Waals surface area contributed by atoms with Gasteiger partial charge in [0.2, 0.25) is 5.91 Å². The van der Waals surface area contributed by atoms with Gasteiger partial charge >= 0.3 is 0 Å². The molecule has 1 atom stereocenters. The van der Waals surface area contributed by atoms with Crippen molar-refractivity contribution >= 4 is 34.1 Å². The number of nitrogens with one attached hydrogen (secondary N) is 1. The minimum atomic E-state index is -0.325. The second-order valence-electron chi connectivity index (χ2n) is 4.44. The molecule has 2 rings (SSSR count). The molecule has 0 aromatic carbocycles. The van der Waals surface area contributed by atoms with E-state index in [9.17, 15) is 4.79 Å². The summed E-state index contributed by atoms with van der Waals surface area (Å²) in [4.78, 5) is 17.1. The van der Waals surface area contributed by atoms with Crippen molar-refractivity contribution in [1.29, 1.82) is 0 Å². The van der Waals surface area contributed by atoms with Crippen LogP contribution in [0.5, 0.6) is 0 Å². The number of rotatable bonds is 3. The molecule has 0 aliphatic carbocycles. The molecule has 0 spiro atoms. The SMILES string of the molecule is CC1(C(=O)Nc2ncc(C#CCCO)s2)CCCS1. The summed E-state index contributed by atoms with van der Waals surface area (Å²) in [6, 6.07) is 0. The highest BCUT2D eigenvalue weighted by atomic mass is 32.2. The Hall–Kier alpha value is -1.03. The van der Waals surface area contributed by atoms with Gasteiger partial charge in [0, 0.05) is 6.42 Å². The van der Waals surface area contributed by atoms with Crippen molar-refractivity contribution in [2.75, 3.05) is 17.7 Å². The number of aliphatic hydroxyl groups is 1. The molecule has 2 heterocycles. The van der Waals surface area contributed by atoms with E-state index in [0.717, 1.165) is 23.5 Å². The summed E-state index contributed by atoms with van der Waals surface area (Å²) in [7, 11) is 0. The van der Waals surface area contributed by atoms with Crippen molar-refractivity contribution in [3.8, 4) is 11.8 Å². The van der Waals surface area contributed by atoms with Crippen LogP contribution in [0.4, 0.5) is 5.13 Å². The normalized spacial score (nSPS) is 21.8. The predicted molar refractivity (Wildman–Crippen MR) is 79.4 cm³/mol. The monoisotopic (exact) mass is 296 g/mol. The Bertz CT molecular complexity index is 510. The number of nitrogens with zero attached hydrogens (tertiary/aromatic N) is 1. The molecule has 1 amide bonds. The van der Waals surface area contributed by atoms with Crippen molar-refractivity contribution in [3.63, 3.8) is 0 Å². The molecule has 102 valence electrons. The van der Waals surface area contributed by atoms with Crippen LogP contribution in [-0.2, 0) is 4.79 Å². The maximum atomic E-state index is 12.2. The Balaban J connectivity index is 1.97. The fourth-order valence-electron chi connectivity index (χ4n) is 1.78. The van der Waals surface area contributed by atoms with E-state index in [1.54, 1.807) is 18.0 Å². The average Bonchev–Trinajstić information content (AvgIpc) is 3.00. The lowest BCUT2D eigenvalue weighted by Gasteiger charge is -2.20. The predicted octanol–water partition coefficient (Wildman–Crippen LogP) is 2.10. The van der Waals surface area contributed by atoms with E-state index < -0.39 is 0 Å². The van der Waals surface area contributed by atoms with E-state index in [1.165, 1.54) is 11.3 Å². The van der Waals surface area contributed by atoms with Crippen LogP contribution in [-0.4, -0.2) is 33.1 Å². The molecule has 1 fully saturated rings. The molecular weight excluding hydrogens is 280 g/mol. The number of anilines is 1. The fraction of sp³-hybridized carbons (Fsp3) is 0.538. The highest BCUT2D eigenvalue weighted by molar-refractivity contribution is 8.01. The molecule has 0 bridgehead atoms. The number of thioether (sulfide) groups is 1. The van der Waals surface area contributed by atoms with E-state index in [-0.39, 0.29) is 17.3 Å². The van der Waals surface area contributed by atoms with E-state index in [4.69, 9.17) is 5.11 Å². The molecule has 1 unspecified atom stereocenters. The van der Waals surface area contributed by atoms with E-state index >= 15 is 0 Å². The van der Waals surface area contributed by atoms with Crippen molar-refractivity contribution in [1.82, 2.24) is 4.98 Å². The van der Waals surface area contributed by atoms with Crippen LogP contribution in [0, 0.1) is 11.8 Å². The van der Waals surface area contributed by atoms with Gasteiger partial charge in [-0.05, 0) is 25.5 Å². The lowest BCUT2D eigenvalue weighted by Crippen LogP contribution is -2.34. The summed E-state index contributed by atoms with van der Waals surface area (Å²) in [5, 5.41) is 12.1. The standard InChI is InChI=1S/C13H16N2O2S2/c1-13(6-4-8-18-13)11(17)15-12-14-9-10(19-12)5-2-3-7-16/h9,16H,3-4,6-8H2,1H3,(H,14,15,17). The van der Waals surface area contributed by atoms with Gasteiger partial charge in [0.25, 0.3) is 0 Å². The third-order valence-corrected chi connectivity index (χ3v) is 5.22. The van der Waals surface area contributed by atoms with Gasteiger partial charge in [0.15, 0.2) is 5.13 Å². The Labute approximate surface area is 121 Å². The molecule has 0 saturated carbocycles. The average molecular weight is 296 g/mol. The Morgan fingerprint density at radius 2 is 2.53 bits per heavy atom. The van der Waals surface area contributed by atoms with Crippen LogP contribution >= 0.6 is 23.1 Å². The number of thiazole rings is 1. The van der Waals surface area contributed by atoms with Crippen LogP contribution in [0.25, 0.3) is 0 Å². The summed E-state index contributed by atoms with van der Waals surface area (Å²) in [6.45, 7) is 2.04.